The normalized spacial score (nSPS) is 20.3. The van der Waals surface area contributed by atoms with Crippen LogP contribution < -0.4 is 0 Å². The van der Waals surface area contributed by atoms with Gasteiger partial charge >= 0.3 is 5.97 Å². The van der Waals surface area contributed by atoms with E-state index < -0.39 is 5.97 Å². The molecule has 2 aromatic rings. The van der Waals surface area contributed by atoms with Crippen LogP contribution in [0.3, 0.4) is 0 Å². The number of carboxylic acid groups (broad SMARTS) is 1. The summed E-state index contributed by atoms with van der Waals surface area (Å²) in [5.41, 5.74) is 1.62. The maximum absolute atomic E-state index is 12.7. The van der Waals surface area contributed by atoms with Crippen molar-refractivity contribution in [3.8, 4) is 0 Å². The number of pyridine rings is 1. The van der Waals surface area contributed by atoms with E-state index in [0.717, 1.165) is 12.8 Å². The number of rotatable bonds is 4. The van der Waals surface area contributed by atoms with Gasteiger partial charge in [-0.15, -0.1) is 0 Å². The van der Waals surface area contributed by atoms with Gasteiger partial charge in [-0.05, 0) is 36.0 Å². The minimum absolute atomic E-state index is 0.0876. The van der Waals surface area contributed by atoms with E-state index in [1.807, 2.05) is 11.0 Å². The van der Waals surface area contributed by atoms with Crippen LogP contribution in [0.5, 0.6) is 0 Å². The molecule has 0 radical (unpaired) electrons. The first-order chi connectivity index (χ1) is 12.1. The minimum atomic E-state index is -1.05. The SMILES string of the molecule is CCC1CN(C(=O)c2cc(C(=O)O)ccn2)CCC1c1ccccc1. The molecule has 1 aromatic carbocycles. The summed E-state index contributed by atoms with van der Waals surface area (Å²) in [6.45, 7) is 3.49. The van der Waals surface area contributed by atoms with E-state index in [4.69, 9.17) is 5.11 Å². The van der Waals surface area contributed by atoms with Crippen molar-refractivity contribution in [2.45, 2.75) is 25.7 Å². The molecule has 2 atom stereocenters. The van der Waals surface area contributed by atoms with Crippen molar-refractivity contribution in [2.75, 3.05) is 13.1 Å². The van der Waals surface area contributed by atoms with E-state index in [2.05, 4.69) is 36.2 Å². The van der Waals surface area contributed by atoms with Gasteiger partial charge in [-0.3, -0.25) is 9.78 Å². The Kier molecular flexibility index (Phi) is 5.12. The van der Waals surface area contributed by atoms with Crippen LogP contribution in [-0.2, 0) is 0 Å². The number of aromatic nitrogens is 1. The number of piperidine rings is 1. The van der Waals surface area contributed by atoms with E-state index >= 15 is 0 Å². The Morgan fingerprint density at radius 2 is 2.00 bits per heavy atom. The smallest absolute Gasteiger partial charge is 0.335 e. The van der Waals surface area contributed by atoms with Crippen molar-refractivity contribution >= 4 is 11.9 Å². The highest BCUT2D eigenvalue weighted by Crippen LogP contribution is 2.35. The summed E-state index contributed by atoms with van der Waals surface area (Å²) in [6.07, 6.45) is 3.28. The van der Waals surface area contributed by atoms with Gasteiger partial charge in [-0.1, -0.05) is 43.7 Å². The molecule has 1 amide bonds. The second-order valence-corrected chi connectivity index (χ2v) is 6.46. The lowest BCUT2D eigenvalue weighted by Gasteiger charge is -2.38. The molecule has 25 heavy (non-hydrogen) atoms. The van der Waals surface area contributed by atoms with E-state index in [-0.39, 0.29) is 17.2 Å². The third-order valence-electron chi connectivity index (χ3n) is 5.00. The fraction of sp³-hybridized carbons (Fsp3) is 0.350. The molecule has 2 heterocycles. The molecule has 3 rings (SSSR count). The standard InChI is InChI=1S/C20H22N2O3/c1-2-14-13-22(11-9-17(14)15-6-4-3-5-7-15)19(23)18-12-16(20(24)25)8-10-21-18/h3-8,10,12,14,17H,2,9,11,13H2,1H3,(H,24,25). The van der Waals surface area contributed by atoms with Crippen LogP contribution in [-0.4, -0.2) is 40.0 Å². The molecule has 1 aromatic heterocycles. The van der Waals surface area contributed by atoms with Crippen LogP contribution in [0.25, 0.3) is 0 Å². The Morgan fingerprint density at radius 1 is 1.24 bits per heavy atom. The number of carbonyl (C=O) groups is 2. The lowest BCUT2D eigenvalue weighted by Crippen LogP contribution is -2.43. The van der Waals surface area contributed by atoms with Crippen molar-refractivity contribution < 1.29 is 14.7 Å². The third kappa shape index (κ3) is 3.71. The Morgan fingerprint density at radius 3 is 2.68 bits per heavy atom. The van der Waals surface area contributed by atoms with Crippen molar-refractivity contribution in [3.63, 3.8) is 0 Å². The number of hydrogen-bond acceptors (Lipinski definition) is 3. The summed E-state index contributed by atoms with van der Waals surface area (Å²) in [7, 11) is 0. The summed E-state index contributed by atoms with van der Waals surface area (Å²) >= 11 is 0. The Balaban J connectivity index is 1.76. The highest BCUT2D eigenvalue weighted by molar-refractivity contribution is 5.95. The molecule has 0 aliphatic carbocycles. The predicted octanol–water partition coefficient (Wildman–Crippen LogP) is 3.44. The summed E-state index contributed by atoms with van der Waals surface area (Å²) in [6, 6.07) is 13.2. The highest BCUT2D eigenvalue weighted by atomic mass is 16.4. The number of carbonyl (C=O) groups excluding carboxylic acids is 1. The van der Waals surface area contributed by atoms with Crippen LogP contribution in [0.15, 0.2) is 48.7 Å². The monoisotopic (exact) mass is 338 g/mol. The third-order valence-corrected chi connectivity index (χ3v) is 5.00. The molecule has 1 aliphatic heterocycles. The van der Waals surface area contributed by atoms with Crippen molar-refractivity contribution in [1.29, 1.82) is 0 Å². The molecular formula is C20H22N2O3. The molecule has 5 heteroatoms. The van der Waals surface area contributed by atoms with Gasteiger partial charge in [-0.2, -0.15) is 0 Å². The highest BCUT2D eigenvalue weighted by Gasteiger charge is 2.32. The van der Waals surface area contributed by atoms with E-state index in [1.54, 1.807) is 0 Å². The summed E-state index contributed by atoms with van der Waals surface area (Å²) in [5, 5.41) is 9.09. The van der Waals surface area contributed by atoms with E-state index in [1.165, 1.54) is 23.9 Å². The van der Waals surface area contributed by atoms with Crippen LogP contribution in [0.2, 0.25) is 0 Å². The number of hydrogen-bond donors (Lipinski definition) is 1. The lowest BCUT2D eigenvalue weighted by atomic mass is 9.79. The van der Waals surface area contributed by atoms with Crippen LogP contribution in [0, 0.1) is 5.92 Å². The quantitative estimate of drug-likeness (QED) is 0.927. The van der Waals surface area contributed by atoms with Crippen molar-refractivity contribution in [1.82, 2.24) is 9.88 Å². The van der Waals surface area contributed by atoms with Crippen LogP contribution >= 0.6 is 0 Å². The largest absolute Gasteiger partial charge is 0.478 e. The number of aromatic carboxylic acids is 1. The van der Waals surface area contributed by atoms with Crippen LogP contribution in [0.1, 0.15) is 52.1 Å². The number of benzene rings is 1. The molecule has 2 unspecified atom stereocenters. The summed E-state index contributed by atoms with van der Waals surface area (Å²) < 4.78 is 0. The van der Waals surface area contributed by atoms with Crippen molar-refractivity contribution in [3.05, 3.63) is 65.5 Å². The van der Waals surface area contributed by atoms with Gasteiger partial charge in [0.1, 0.15) is 5.69 Å². The minimum Gasteiger partial charge on any atom is -0.478 e. The molecule has 1 saturated heterocycles. The molecule has 0 bridgehead atoms. The molecule has 5 nitrogen and oxygen atoms in total. The molecule has 1 aliphatic rings. The van der Waals surface area contributed by atoms with Gasteiger partial charge in [0.2, 0.25) is 0 Å². The van der Waals surface area contributed by atoms with E-state index in [9.17, 15) is 9.59 Å². The number of nitrogens with zero attached hydrogens (tertiary/aromatic N) is 2. The molecule has 0 spiro atoms. The molecular weight excluding hydrogens is 316 g/mol. The predicted molar refractivity (Wildman–Crippen MR) is 94.7 cm³/mol. The van der Waals surface area contributed by atoms with E-state index in [0.29, 0.717) is 24.9 Å². The van der Waals surface area contributed by atoms with Gasteiger partial charge < -0.3 is 10.0 Å². The first kappa shape index (κ1) is 17.1. The zero-order valence-corrected chi connectivity index (χ0v) is 14.3. The summed E-state index contributed by atoms with van der Waals surface area (Å²) in [5.74, 6) is -0.393. The Labute approximate surface area is 147 Å². The molecule has 130 valence electrons. The Bertz CT molecular complexity index is 761. The zero-order valence-electron chi connectivity index (χ0n) is 14.3. The lowest BCUT2D eigenvalue weighted by molar-refractivity contribution is 0.0639. The van der Waals surface area contributed by atoms with Gasteiger partial charge in [0.05, 0.1) is 5.56 Å². The summed E-state index contributed by atoms with van der Waals surface area (Å²) in [4.78, 5) is 29.7. The topological polar surface area (TPSA) is 70.5 Å². The second kappa shape index (κ2) is 7.47. The van der Waals surface area contributed by atoms with Gasteiger partial charge in [-0.25, -0.2) is 4.79 Å². The number of likely N-dealkylation sites (tertiary alicyclic amines) is 1. The van der Waals surface area contributed by atoms with Gasteiger partial charge in [0.25, 0.3) is 5.91 Å². The van der Waals surface area contributed by atoms with Crippen molar-refractivity contribution in [2.24, 2.45) is 5.92 Å². The molecule has 1 N–H and O–H groups in total. The number of carboxylic acids is 1. The van der Waals surface area contributed by atoms with Gasteiger partial charge in [0, 0.05) is 19.3 Å². The van der Waals surface area contributed by atoms with Crippen LogP contribution in [0.4, 0.5) is 0 Å². The first-order valence-corrected chi connectivity index (χ1v) is 8.63. The average molecular weight is 338 g/mol. The Hall–Kier alpha value is -2.69. The average Bonchev–Trinajstić information content (AvgIpc) is 2.67. The maximum atomic E-state index is 12.7. The number of amides is 1. The first-order valence-electron chi connectivity index (χ1n) is 8.63. The fourth-order valence-electron chi connectivity index (χ4n) is 3.61. The maximum Gasteiger partial charge on any atom is 0.335 e. The molecule has 0 saturated carbocycles. The molecule has 1 fully saturated rings. The van der Waals surface area contributed by atoms with Gasteiger partial charge in [0.15, 0.2) is 0 Å². The fourth-order valence-corrected chi connectivity index (χ4v) is 3.61. The second-order valence-electron chi connectivity index (χ2n) is 6.46. The zero-order chi connectivity index (χ0) is 17.8.